The van der Waals surface area contributed by atoms with Crippen LogP contribution in [0.25, 0.3) is 0 Å². The molecule has 98 valence electrons. The molecule has 2 atom stereocenters. The standard InChI is InChI=1S/C13H18ClN3O/c1-2-9-5-7-15-11(8-9)13(18)17-10-4-3-6-16-12(10)14/h3-4,6,9,11,15H,2,5,7-8H2,1H3,(H,17,18). The smallest absolute Gasteiger partial charge is 0.241 e. The molecule has 2 N–H and O–H groups in total. The molecule has 2 unspecified atom stereocenters. The second kappa shape index (κ2) is 6.16. The van der Waals surface area contributed by atoms with Crippen LogP contribution in [-0.4, -0.2) is 23.5 Å². The van der Waals surface area contributed by atoms with E-state index in [4.69, 9.17) is 11.6 Å². The van der Waals surface area contributed by atoms with Gasteiger partial charge in [-0.2, -0.15) is 0 Å². The maximum Gasteiger partial charge on any atom is 0.241 e. The second-order valence-corrected chi connectivity index (χ2v) is 4.99. The first kappa shape index (κ1) is 13.3. The molecule has 1 aromatic rings. The van der Waals surface area contributed by atoms with E-state index < -0.39 is 0 Å². The normalized spacial score (nSPS) is 23.7. The largest absolute Gasteiger partial charge is 0.322 e. The molecule has 1 aliphatic rings. The Hall–Kier alpha value is -1.13. The molecular formula is C13H18ClN3O. The first-order chi connectivity index (χ1) is 8.70. The summed E-state index contributed by atoms with van der Waals surface area (Å²) in [6, 6.07) is 3.39. The van der Waals surface area contributed by atoms with Crippen LogP contribution in [0.4, 0.5) is 5.69 Å². The minimum absolute atomic E-state index is 0.0250. The van der Waals surface area contributed by atoms with Gasteiger partial charge in [-0.3, -0.25) is 4.79 Å². The van der Waals surface area contributed by atoms with Crippen molar-refractivity contribution in [3.05, 3.63) is 23.5 Å². The third-order valence-electron chi connectivity index (χ3n) is 3.42. The number of hydrogen-bond acceptors (Lipinski definition) is 3. The highest BCUT2D eigenvalue weighted by atomic mass is 35.5. The number of rotatable bonds is 3. The summed E-state index contributed by atoms with van der Waals surface area (Å²) in [5, 5.41) is 6.40. The Labute approximate surface area is 112 Å². The van der Waals surface area contributed by atoms with Gasteiger partial charge in [0.1, 0.15) is 0 Å². The van der Waals surface area contributed by atoms with Crippen LogP contribution in [0.15, 0.2) is 18.3 Å². The van der Waals surface area contributed by atoms with Crippen LogP contribution in [0.1, 0.15) is 26.2 Å². The predicted molar refractivity (Wildman–Crippen MR) is 72.7 cm³/mol. The van der Waals surface area contributed by atoms with Gasteiger partial charge in [0, 0.05) is 6.20 Å². The number of carbonyl (C=O) groups excluding carboxylic acids is 1. The molecule has 18 heavy (non-hydrogen) atoms. The van der Waals surface area contributed by atoms with Gasteiger partial charge in [-0.25, -0.2) is 4.98 Å². The number of nitrogens with one attached hydrogen (secondary N) is 2. The lowest BCUT2D eigenvalue weighted by Gasteiger charge is -2.28. The van der Waals surface area contributed by atoms with Gasteiger partial charge in [-0.1, -0.05) is 24.9 Å². The highest BCUT2D eigenvalue weighted by Crippen LogP contribution is 2.22. The Morgan fingerprint density at radius 1 is 1.67 bits per heavy atom. The molecule has 5 heteroatoms. The lowest BCUT2D eigenvalue weighted by molar-refractivity contribution is -0.119. The number of pyridine rings is 1. The molecule has 1 amide bonds. The first-order valence-electron chi connectivity index (χ1n) is 6.35. The van der Waals surface area contributed by atoms with Gasteiger partial charge in [0.15, 0.2) is 5.15 Å². The van der Waals surface area contributed by atoms with E-state index in [-0.39, 0.29) is 11.9 Å². The maximum atomic E-state index is 12.1. The molecule has 0 aromatic carbocycles. The zero-order valence-electron chi connectivity index (χ0n) is 10.4. The molecule has 1 saturated heterocycles. The molecule has 1 aliphatic heterocycles. The van der Waals surface area contributed by atoms with Gasteiger partial charge in [0.05, 0.1) is 11.7 Å². The van der Waals surface area contributed by atoms with Crippen LogP contribution in [0.3, 0.4) is 0 Å². The van der Waals surface area contributed by atoms with Crippen LogP contribution < -0.4 is 10.6 Å². The van der Waals surface area contributed by atoms with Crippen molar-refractivity contribution in [3.8, 4) is 0 Å². The van der Waals surface area contributed by atoms with Crippen LogP contribution in [0.5, 0.6) is 0 Å². The fourth-order valence-corrected chi connectivity index (χ4v) is 2.43. The molecule has 0 bridgehead atoms. The summed E-state index contributed by atoms with van der Waals surface area (Å²) >= 11 is 5.92. The average molecular weight is 268 g/mol. The molecule has 1 aromatic heterocycles. The van der Waals surface area contributed by atoms with Gasteiger partial charge in [-0.15, -0.1) is 0 Å². The zero-order valence-corrected chi connectivity index (χ0v) is 11.2. The van der Waals surface area contributed by atoms with Gasteiger partial charge >= 0.3 is 0 Å². The lowest BCUT2D eigenvalue weighted by Crippen LogP contribution is -2.46. The molecule has 0 spiro atoms. The molecule has 2 rings (SSSR count). The van der Waals surface area contributed by atoms with E-state index in [0.29, 0.717) is 16.8 Å². The Bertz CT molecular complexity index is 424. The Kier molecular flexibility index (Phi) is 4.55. The summed E-state index contributed by atoms with van der Waals surface area (Å²) in [6.45, 7) is 3.07. The highest BCUT2D eigenvalue weighted by Gasteiger charge is 2.26. The third-order valence-corrected chi connectivity index (χ3v) is 3.72. The molecule has 0 radical (unpaired) electrons. The summed E-state index contributed by atoms with van der Waals surface area (Å²) in [5.74, 6) is 0.606. The molecule has 0 saturated carbocycles. The van der Waals surface area contributed by atoms with Crippen LogP contribution in [-0.2, 0) is 4.79 Å². The summed E-state index contributed by atoms with van der Waals surface area (Å²) < 4.78 is 0. The van der Waals surface area contributed by atoms with Crippen molar-refractivity contribution in [2.24, 2.45) is 5.92 Å². The van der Waals surface area contributed by atoms with Gasteiger partial charge in [-0.05, 0) is 37.4 Å². The van der Waals surface area contributed by atoms with Crippen LogP contribution in [0, 0.1) is 5.92 Å². The third kappa shape index (κ3) is 3.21. The Morgan fingerprint density at radius 2 is 2.50 bits per heavy atom. The summed E-state index contributed by atoms with van der Waals surface area (Å²) in [7, 11) is 0. The SMILES string of the molecule is CCC1CCNC(C(=O)Nc2cccnc2Cl)C1. The number of hydrogen-bond donors (Lipinski definition) is 2. The Morgan fingerprint density at radius 3 is 3.22 bits per heavy atom. The number of anilines is 1. The minimum atomic E-state index is -0.125. The molecule has 1 fully saturated rings. The van der Waals surface area contributed by atoms with E-state index >= 15 is 0 Å². The molecule has 2 heterocycles. The predicted octanol–water partition coefficient (Wildman–Crippen LogP) is 2.45. The van der Waals surface area contributed by atoms with E-state index in [0.717, 1.165) is 25.8 Å². The zero-order chi connectivity index (χ0) is 13.0. The quantitative estimate of drug-likeness (QED) is 0.827. The van der Waals surface area contributed by atoms with Crippen molar-refractivity contribution in [3.63, 3.8) is 0 Å². The van der Waals surface area contributed by atoms with E-state index in [1.807, 2.05) is 0 Å². The van der Waals surface area contributed by atoms with Crippen molar-refractivity contribution >= 4 is 23.2 Å². The fraction of sp³-hybridized carbons (Fsp3) is 0.538. The van der Waals surface area contributed by atoms with E-state index in [9.17, 15) is 4.79 Å². The molecule has 4 nitrogen and oxygen atoms in total. The van der Waals surface area contributed by atoms with Crippen LogP contribution in [0.2, 0.25) is 5.15 Å². The van der Waals surface area contributed by atoms with Crippen molar-refractivity contribution in [1.82, 2.24) is 10.3 Å². The minimum Gasteiger partial charge on any atom is -0.322 e. The monoisotopic (exact) mass is 267 g/mol. The second-order valence-electron chi connectivity index (χ2n) is 4.64. The Balaban J connectivity index is 1.97. The summed E-state index contributed by atoms with van der Waals surface area (Å²) in [4.78, 5) is 16.1. The van der Waals surface area contributed by atoms with E-state index in [2.05, 4.69) is 22.5 Å². The maximum absolute atomic E-state index is 12.1. The fourth-order valence-electron chi connectivity index (χ4n) is 2.27. The molecule has 0 aliphatic carbocycles. The van der Waals surface area contributed by atoms with E-state index in [1.54, 1.807) is 18.3 Å². The van der Waals surface area contributed by atoms with Crippen molar-refractivity contribution in [2.75, 3.05) is 11.9 Å². The van der Waals surface area contributed by atoms with Crippen molar-refractivity contribution < 1.29 is 4.79 Å². The average Bonchev–Trinajstić information content (AvgIpc) is 2.41. The number of aromatic nitrogens is 1. The summed E-state index contributed by atoms with van der Waals surface area (Å²) in [5.41, 5.74) is 0.574. The number of nitrogens with zero attached hydrogens (tertiary/aromatic N) is 1. The van der Waals surface area contributed by atoms with Gasteiger partial charge in [0.25, 0.3) is 0 Å². The molecular weight excluding hydrogens is 250 g/mol. The first-order valence-corrected chi connectivity index (χ1v) is 6.73. The van der Waals surface area contributed by atoms with Gasteiger partial charge < -0.3 is 10.6 Å². The van der Waals surface area contributed by atoms with Gasteiger partial charge in [0.2, 0.25) is 5.91 Å². The topological polar surface area (TPSA) is 54.0 Å². The van der Waals surface area contributed by atoms with E-state index in [1.165, 1.54) is 0 Å². The van der Waals surface area contributed by atoms with Crippen molar-refractivity contribution in [1.29, 1.82) is 0 Å². The summed E-state index contributed by atoms with van der Waals surface area (Å²) in [6.07, 6.45) is 4.76. The number of halogens is 1. The van der Waals surface area contributed by atoms with Crippen LogP contribution >= 0.6 is 11.6 Å². The highest BCUT2D eigenvalue weighted by molar-refractivity contribution is 6.32. The number of piperidine rings is 1. The lowest BCUT2D eigenvalue weighted by atomic mass is 9.90. The number of amides is 1. The number of carbonyl (C=O) groups is 1. The van der Waals surface area contributed by atoms with Crippen molar-refractivity contribution in [2.45, 2.75) is 32.2 Å².